The number of rotatable bonds is 5. The monoisotopic (exact) mass is 224 g/mol. The van der Waals surface area contributed by atoms with Gasteiger partial charge in [-0.2, -0.15) is 0 Å². The summed E-state index contributed by atoms with van der Waals surface area (Å²) in [6.45, 7) is 0.374. The minimum Gasteiger partial charge on any atom is -0.497 e. The standard InChI is InChI=1S/C12H16O4/c1-14-11-7-5-10(6-8-11)4-3-9-16-12(13)15-2/h5-8H,3-4,9H2,1-2H3. The minimum atomic E-state index is -0.630. The first kappa shape index (κ1) is 12.4. The molecule has 0 aromatic heterocycles. The lowest BCUT2D eigenvalue weighted by Crippen LogP contribution is -2.06. The highest BCUT2D eigenvalue weighted by Crippen LogP contribution is 2.12. The Bertz CT molecular complexity index is 318. The normalized spacial score (nSPS) is 9.62. The second-order valence-corrected chi connectivity index (χ2v) is 3.25. The summed E-state index contributed by atoms with van der Waals surface area (Å²) in [6.07, 6.45) is 1.01. The molecule has 0 aliphatic rings. The first-order valence-corrected chi connectivity index (χ1v) is 5.10. The number of hydrogen-bond acceptors (Lipinski definition) is 4. The zero-order chi connectivity index (χ0) is 11.8. The van der Waals surface area contributed by atoms with E-state index in [4.69, 9.17) is 9.47 Å². The average Bonchev–Trinajstić information content (AvgIpc) is 2.35. The van der Waals surface area contributed by atoms with E-state index in [2.05, 4.69) is 4.74 Å². The van der Waals surface area contributed by atoms with Gasteiger partial charge in [0.15, 0.2) is 0 Å². The largest absolute Gasteiger partial charge is 0.507 e. The molecule has 16 heavy (non-hydrogen) atoms. The van der Waals surface area contributed by atoms with Crippen molar-refractivity contribution in [3.63, 3.8) is 0 Å². The third-order valence-electron chi connectivity index (χ3n) is 2.16. The van der Waals surface area contributed by atoms with Gasteiger partial charge in [0.05, 0.1) is 20.8 Å². The zero-order valence-corrected chi connectivity index (χ0v) is 9.56. The average molecular weight is 224 g/mol. The number of carbonyl (C=O) groups excluding carboxylic acids is 1. The number of hydrogen-bond donors (Lipinski definition) is 0. The fourth-order valence-corrected chi connectivity index (χ4v) is 1.28. The topological polar surface area (TPSA) is 44.8 Å². The molecule has 1 aromatic rings. The number of methoxy groups -OCH3 is 2. The molecular weight excluding hydrogens is 208 g/mol. The van der Waals surface area contributed by atoms with Gasteiger partial charge in [0.25, 0.3) is 0 Å². The number of ether oxygens (including phenoxy) is 3. The van der Waals surface area contributed by atoms with Crippen molar-refractivity contribution in [2.45, 2.75) is 12.8 Å². The van der Waals surface area contributed by atoms with Crippen molar-refractivity contribution in [3.8, 4) is 5.75 Å². The molecule has 1 rings (SSSR count). The van der Waals surface area contributed by atoms with Crippen molar-refractivity contribution in [2.75, 3.05) is 20.8 Å². The van der Waals surface area contributed by atoms with Crippen LogP contribution in [0.5, 0.6) is 5.75 Å². The van der Waals surface area contributed by atoms with E-state index in [-0.39, 0.29) is 0 Å². The Morgan fingerprint density at radius 3 is 2.44 bits per heavy atom. The number of benzene rings is 1. The molecule has 0 amide bonds. The van der Waals surface area contributed by atoms with Crippen LogP contribution in [0.15, 0.2) is 24.3 Å². The molecule has 0 N–H and O–H groups in total. The summed E-state index contributed by atoms with van der Waals surface area (Å²) in [6, 6.07) is 7.82. The van der Waals surface area contributed by atoms with Gasteiger partial charge in [0, 0.05) is 0 Å². The molecule has 0 aliphatic carbocycles. The van der Waals surface area contributed by atoms with Crippen LogP contribution in [-0.2, 0) is 15.9 Å². The predicted octanol–water partition coefficient (Wildman–Crippen LogP) is 2.41. The summed E-state index contributed by atoms with van der Waals surface area (Å²) < 4.78 is 14.2. The first-order valence-electron chi connectivity index (χ1n) is 5.10. The molecule has 0 bridgehead atoms. The van der Waals surface area contributed by atoms with E-state index >= 15 is 0 Å². The molecule has 0 heterocycles. The molecule has 0 fully saturated rings. The van der Waals surface area contributed by atoms with Gasteiger partial charge in [-0.3, -0.25) is 0 Å². The van der Waals surface area contributed by atoms with Crippen LogP contribution in [-0.4, -0.2) is 27.0 Å². The summed E-state index contributed by atoms with van der Waals surface area (Å²) in [5, 5.41) is 0. The van der Waals surface area contributed by atoms with E-state index in [0.717, 1.165) is 18.6 Å². The molecule has 0 atom stereocenters. The lowest BCUT2D eigenvalue weighted by atomic mass is 10.1. The Kier molecular flexibility index (Phi) is 5.19. The molecule has 4 heteroatoms. The molecule has 1 aromatic carbocycles. The van der Waals surface area contributed by atoms with Crippen LogP contribution in [0.25, 0.3) is 0 Å². The van der Waals surface area contributed by atoms with Crippen molar-refractivity contribution < 1.29 is 19.0 Å². The molecule has 0 unspecified atom stereocenters. The maximum Gasteiger partial charge on any atom is 0.507 e. The fraction of sp³-hybridized carbons (Fsp3) is 0.417. The van der Waals surface area contributed by atoms with E-state index < -0.39 is 6.16 Å². The highest BCUT2D eigenvalue weighted by molar-refractivity contribution is 5.59. The predicted molar refractivity (Wildman–Crippen MR) is 59.7 cm³/mol. The van der Waals surface area contributed by atoms with Gasteiger partial charge < -0.3 is 14.2 Å². The smallest absolute Gasteiger partial charge is 0.497 e. The summed E-state index contributed by atoms with van der Waals surface area (Å²) in [5.74, 6) is 0.842. The van der Waals surface area contributed by atoms with Gasteiger partial charge in [-0.15, -0.1) is 0 Å². The highest BCUT2D eigenvalue weighted by Gasteiger charge is 2.00. The van der Waals surface area contributed by atoms with Gasteiger partial charge in [-0.1, -0.05) is 12.1 Å². The molecule has 0 spiro atoms. The van der Waals surface area contributed by atoms with Crippen LogP contribution >= 0.6 is 0 Å². The third-order valence-corrected chi connectivity index (χ3v) is 2.16. The Morgan fingerprint density at radius 1 is 1.19 bits per heavy atom. The Labute approximate surface area is 95.1 Å². The van der Waals surface area contributed by atoms with Gasteiger partial charge in [0.2, 0.25) is 0 Å². The van der Waals surface area contributed by atoms with Crippen LogP contribution in [0.3, 0.4) is 0 Å². The molecule has 88 valence electrons. The van der Waals surface area contributed by atoms with E-state index in [0.29, 0.717) is 6.61 Å². The number of aryl methyl sites for hydroxylation is 1. The molecule has 0 radical (unpaired) electrons. The van der Waals surface area contributed by atoms with Gasteiger partial charge in [-0.05, 0) is 30.5 Å². The van der Waals surface area contributed by atoms with E-state index in [9.17, 15) is 4.79 Å². The van der Waals surface area contributed by atoms with Crippen LogP contribution in [0.1, 0.15) is 12.0 Å². The maximum absolute atomic E-state index is 10.6. The van der Waals surface area contributed by atoms with E-state index in [1.807, 2.05) is 24.3 Å². The lowest BCUT2D eigenvalue weighted by Gasteiger charge is -2.04. The van der Waals surface area contributed by atoms with Crippen LogP contribution in [0, 0.1) is 0 Å². The van der Waals surface area contributed by atoms with E-state index in [1.54, 1.807) is 7.11 Å². The summed E-state index contributed by atoms with van der Waals surface area (Å²) in [5.41, 5.74) is 1.19. The van der Waals surface area contributed by atoms with Crippen LogP contribution in [0.4, 0.5) is 4.79 Å². The quantitative estimate of drug-likeness (QED) is 0.569. The minimum absolute atomic E-state index is 0.374. The van der Waals surface area contributed by atoms with Crippen molar-refractivity contribution in [2.24, 2.45) is 0 Å². The summed E-state index contributed by atoms with van der Waals surface area (Å²) in [4.78, 5) is 10.6. The molecule has 0 saturated heterocycles. The second-order valence-electron chi connectivity index (χ2n) is 3.25. The zero-order valence-electron chi connectivity index (χ0n) is 9.56. The van der Waals surface area contributed by atoms with Crippen molar-refractivity contribution in [1.82, 2.24) is 0 Å². The lowest BCUT2D eigenvalue weighted by molar-refractivity contribution is 0.0719. The second kappa shape index (κ2) is 6.71. The molecular formula is C12H16O4. The third kappa shape index (κ3) is 4.21. The molecule has 4 nitrogen and oxygen atoms in total. The van der Waals surface area contributed by atoms with Crippen molar-refractivity contribution >= 4 is 6.16 Å². The fourth-order valence-electron chi connectivity index (χ4n) is 1.28. The Hall–Kier alpha value is -1.71. The number of carbonyl (C=O) groups is 1. The maximum atomic E-state index is 10.6. The SMILES string of the molecule is COC(=O)OCCCc1ccc(OC)cc1. The van der Waals surface area contributed by atoms with Crippen LogP contribution < -0.4 is 4.74 Å². The van der Waals surface area contributed by atoms with Gasteiger partial charge in [-0.25, -0.2) is 4.79 Å². The van der Waals surface area contributed by atoms with Gasteiger partial charge >= 0.3 is 6.16 Å². The van der Waals surface area contributed by atoms with Gasteiger partial charge in [0.1, 0.15) is 5.75 Å². The molecule has 0 saturated carbocycles. The Balaban J connectivity index is 2.24. The first-order chi connectivity index (χ1) is 7.76. The molecule has 0 aliphatic heterocycles. The van der Waals surface area contributed by atoms with E-state index in [1.165, 1.54) is 12.7 Å². The highest BCUT2D eigenvalue weighted by atomic mass is 16.7. The van der Waals surface area contributed by atoms with Crippen molar-refractivity contribution in [1.29, 1.82) is 0 Å². The van der Waals surface area contributed by atoms with Crippen LogP contribution in [0.2, 0.25) is 0 Å². The summed E-state index contributed by atoms with van der Waals surface area (Å²) >= 11 is 0. The summed E-state index contributed by atoms with van der Waals surface area (Å²) in [7, 11) is 2.94. The van der Waals surface area contributed by atoms with Crippen molar-refractivity contribution in [3.05, 3.63) is 29.8 Å². The Morgan fingerprint density at radius 2 is 1.88 bits per heavy atom.